The third kappa shape index (κ3) is 3.51. The molecule has 3 aliphatic rings. The first-order valence-corrected chi connectivity index (χ1v) is 12.2. The summed E-state index contributed by atoms with van der Waals surface area (Å²) in [6, 6.07) is 5.15. The monoisotopic (exact) mass is 504 g/mol. The summed E-state index contributed by atoms with van der Waals surface area (Å²) in [6.07, 6.45) is 0. The maximum Gasteiger partial charge on any atom is 0.328 e. The van der Waals surface area contributed by atoms with Crippen molar-refractivity contribution in [2.45, 2.75) is 22.7 Å². The van der Waals surface area contributed by atoms with Gasteiger partial charge in [0.15, 0.2) is 0 Å². The van der Waals surface area contributed by atoms with Gasteiger partial charge in [-0.3, -0.25) is 23.7 Å². The van der Waals surface area contributed by atoms with E-state index >= 15 is 0 Å². The number of nitrogens with two attached hydrogens (primary N) is 1. The SMILES string of the molecule is NC(=O)N1C(=O)[C@@H]2[C@H](c3ccccc3O)c3sc(=O)n(CC(=O)N4CCOCC4)c3S[C@@H]2C1=O. The zero-order chi connectivity index (χ0) is 24.1. The van der Waals surface area contributed by atoms with Gasteiger partial charge in [0, 0.05) is 29.4 Å². The van der Waals surface area contributed by atoms with Gasteiger partial charge in [0.25, 0.3) is 5.91 Å². The van der Waals surface area contributed by atoms with E-state index in [0.717, 1.165) is 23.1 Å². The third-order valence-electron chi connectivity index (χ3n) is 6.20. The van der Waals surface area contributed by atoms with Crippen molar-refractivity contribution in [1.29, 1.82) is 0 Å². The molecular weight excluding hydrogens is 484 g/mol. The molecule has 0 unspecified atom stereocenters. The summed E-state index contributed by atoms with van der Waals surface area (Å²) >= 11 is 1.84. The molecular formula is C21H20N4O7S2. The number of urea groups is 1. The quantitative estimate of drug-likeness (QED) is 0.560. The summed E-state index contributed by atoms with van der Waals surface area (Å²) in [4.78, 5) is 65.9. The van der Waals surface area contributed by atoms with Gasteiger partial charge in [-0.15, -0.1) is 0 Å². The zero-order valence-corrected chi connectivity index (χ0v) is 19.3. The number of phenolic OH excluding ortho intramolecular Hbond substituents is 1. The van der Waals surface area contributed by atoms with Crippen LogP contribution in [0.2, 0.25) is 0 Å². The lowest BCUT2D eigenvalue weighted by Crippen LogP contribution is -2.43. The van der Waals surface area contributed by atoms with Gasteiger partial charge in [0.05, 0.1) is 24.2 Å². The van der Waals surface area contributed by atoms with Crippen molar-refractivity contribution in [3.63, 3.8) is 0 Å². The molecule has 4 heterocycles. The van der Waals surface area contributed by atoms with E-state index < -0.39 is 39.8 Å². The second-order valence-corrected chi connectivity index (χ2v) is 10.2. The van der Waals surface area contributed by atoms with Gasteiger partial charge in [-0.1, -0.05) is 41.3 Å². The van der Waals surface area contributed by atoms with Crippen LogP contribution in [0.15, 0.2) is 34.1 Å². The van der Waals surface area contributed by atoms with Crippen LogP contribution in [0.5, 0.6) is 5.75 Å². The number of carbonyl (C=O) groups is 4. The van der Waals surface area contributed by atoms with Crippen molar-refractivity contribution in [2.24, 2.45) is 11.7 Å². The predicted molar refractivity (Wildman–Crippen MR) is 120 cm³/mol. The Morgan fingerprint density at radius 3 is 2.50 bits per heavy atom. The number of hydrogen-bond donors (Lipinski definition) is 2. The summed E-state index contributed by atoms with van der Waals surface area (Å²) < 4.78 is 6.57. The molecule has 0 aliphatic carbocycles. The molecule has 11 nitrogen and oxygen atoms in total. The zero-order valence-electron chi connectivity index (χ0n) is 17.7. The third-order valence-corrected chi connectivity index (χ3v) is 8.80. The minimum absolute atomic E-state index is 0.112. The second-order valence-electron chi connectivity index (χ2n) is 8.07. The largest absolute Gasteiger partial charge is 0.508 e. The Labute approximate surface area is 201 Å². The molecule has 3 N–H and O–H groups in total. The Balaban J connectivity index is 1.61. The smallest absolute Gasteiger partial charge is 0.328 e. The summed E-state index contributed by atoms with van der Waals surface area (Å²) in [5, 5.41) is 9.91. The van der Waals surface area contributed by atoms with E-state index in [1.54, 1.807) is 23.1 Å². The number of thiazole rings is 1. The molecule has 0 bridgehead atoms. The number of para-hydroxylation sites is 1. The number of thioether (sulfide) groups is 1. The standard InChI is InChI=1S/C21H20N4O7S2/c22-20(30)25-17(28)14-13(10-3-1-2-4-11(10)26)16-19(33-15(14)18(25)29)24(21(31)34-16)9-12(27)23-5-7-32-8-6-23/h1-4,13-15,26H,5-9H2,(H2,22,30)/t13-,14+,15-/m0/s1. The lowest BCUT2D eigenvalue weighted by Gasteiger charge is -2.31. The molecule has 5 amide bonds. The Morgan fingerprint density at radius 2 is 1.82 bits per heavy atom. The molecule has 0 saturated carbocycles. The number of ether oxygens (including phenoxy) is 1. The number of benzene rings is 1. The molecule has 3 atom stereocenters. The fourth-order valence-electron chi connectivity index (χ4n) is 4.61. The minimum Gasteiger partial charge on any atom is -0.508 e. The molecule has 1 aromatic carbocycles. The highest BCUT2D eigenvalue weighted by Gasteiger charge is 2.58. The van der Waals surface area contributed by atoms with Crippen molar-refractivity contribution in [1.82, 2.24) is 14.4 Å². The van der Waals surface area contributed by atoms with Crippen molar-refractivity contribution in [3.8, 4) is 5.75 Å². The van der Waals surface area contributed by atoms with Crippen LogP contribution in [0.3, 0.4) is 0 Å². The van der Waals surface area contributed by atoms with Gasteiger partial charge >= 0.3 is 10.9 Å². The number of fused-ring (bicyclic) bond motifs is 2. The van der Waals surface area contributed by atoms with Gasteiger partial charge < -0.3 is 20.5 Å². The molecule has 34 heavy (non-hydrogen) atoms. The molecule has 178 valence electrons. The highest BCUT2D eigenvalue weighted by Crippen LogP contribution is 2.54. The van der Waals surface area contributed by atoms with Crippen molar-refractivity contribution in [2.75, 3.05) is 26.3 Å². The molecule has 1 aromatic heterocycles. The Kier molecular flexibility index (Phi) is 5.70. The molecule has 0 spiro atoms. The van der Waals surface area contributed by atoms with Crippen molar-refractivity contribution in [3.05, 3.63) is 44.4 Å². The van der Waals surface area contributed by atoms with E-state index in [2.05, 4.69) is 0 Å². The molecule has 2 aromatic rings. The average Bonchev–Trinajstić information content (AvgIpc) is 3.26. The molecule has 2 fully saturated rings. The lowest BCUT2D eigenvalue weighted by atomic mass is 9.82. The lowest BCUT2D eigenvalue weighted by molar-refractivity contribution is -0.137. The number of aromatic nitrogens is 1. The maximum absolute atomic E-state index is 13.1. The minimum atomic E-state index is -1.18. The first kappa shape index (κ1) is 22.6. The van der Waals surface area contributed by atoms with Crippen LogP contribution in [-0.2, 0) is 25.7 Å². The van der Waals surface area contributed by atoms with Gasteiger partial charge in [0.1, 0.15) is 17.5 Å². The maximum atomic E-state index is 13.1. The number of aromatic hydroxyl groups is 1. The van der Waals surface area contributed by atoms with E-state index in [0.29, 0.717) is 46.7 Å². The Morgan fingerprint density at radius 1 is 1.12 bits per heavy atom. The number of likely N-dealkylation sites (tertiary alicyclic amines) is 1. The molecule has 2 saturated heterocycles. The average molecular weight is 505 g/mol. The van der Waals surface area contributed by atoms with Crippen molar-refractivity contribution >= 4 is 46.9 Å². The topological polar surface area (TPSA) is 152 Å². The second kappa shape index (κ2) is 8.56. The van der Waals surface area contributed by atoms with Crippen LogP contribution in [-0.4, -0.2) is 74.8 Å². The van der Waals surface area contributed by atoms with Gasteiger partial charge in [-0.05, 0) is 6.07 Å². The number of primary amides is 1. The van der Waals surface area contributed by atoms with Crippen LogP contribution in [0, 0.1) is 5.92 Å². The highest BCUT2D eigenvalue weighted by atomic mass is 32.2. The van der Waals surface area contributed by atoms with E-state index in [-0.39, 0.29) is 18.2 Å². The normalized spacial score (nSPS) is 24.2. The summed E-state index contributed by atoms with van der Waals surface area (Å²) in [5.74, 6) is -3.82. The fraction of sp³-hybridized carbons (Fsp3) is 0.381. The van der Waals surface area contributed by atoms with Crippen LogP contribution in [0.1, 0.15) is 16.4 Å². The van der Waals surface area contributed by atoms with E-state index in [4.69, 9.17) is 10.5 Å². The number of carbonyl (C=O) groups excluding carboxylic acids is 4. The number of hydrogen-bond acceptors (Lipinski definition) is 9. The van der Waals surface area contributed by atoms with Crippen LogP contribution in [0.25, 0.3) is 0 Å². The first-order valence-electron chi connectivity index (χ1n) is 10.5. The highest BCUT2D eigenvalue weighted by molar-refractivity contribution is 8.00. The number of morpholine rings is 1. The van der Waals surface area contributed by atoms with Gasteiger partial charge in [0.2, 0.25) is 11.8 Å². The van der Waals surface area contributed by atoms with E-state index in [1.807, 2.05) is 0 Å². The molecule has 13 heteroatoms. The molecule has 0 radical (unpaired) electrons. The summed E-state index contributed by atoms with van der Waals surface area (Å²) in [7, 11) is 0. The summed E-state index contributed by atoms with van der Waals surface area (Å²) in [6.45, 7) is 1.42. The summed E-state index contributed by atoms with van der Waals surface area (Å²) in [5.41, 5.74) is 5.65. The number of amides is 5. The van der Waals surface area contributed by atoms with Crippen LogP contribution in [0.4, 0.5) is 4.79 Å². The van der Waals surface area contributed by atoms with Gasteiger partial charge in [-0.25, -0.2) is 4.79 Å². The first-order chi connectivity index (χ1) is 16.3. The van der Waals surface area contributed by atoms with Crippen LogP contribution < -0.4 is 10.6 Å². The van der Waals surface area contributed by atoms with E-state index in [9.17, 15) is 29.1 Å². The predicted octanol–water partition coefficient (Wildman–Crippen LogP) is 0.144. The number of imide groups is 3. The van der Waals surface area contributed by atoms with Crippen LogP contribution >= 0.6 is 23.1 Å². The fourth-order valence-corrected chi connectivity index (χ4v) is 7.37. The van der Waals surface area contributed by atoms with Crippen molar-refractivity contribution < 1.29 is 29.0 Å². The Bertz CT molecular complexity index is 1270. The molecule has 3 aliphatic heterocycles. The molecule has 5 rings (SSSR count). The Hall–Kier alpha value is -3.16. The number of rotatable bonds is 3. The van der Waals surface area contributed by atoms with E-state index in [1.165, 1.54) is 10.6 Å². The number of phenols is 1. The van der Waals surface area contributed by atoms with Gasteiger partial charge in [-0.2, -0.15) is 4.90 Å². The number of nitrogens with zero attached hydrogens (tertiary/aromatic N) is 3.